The molecule has 0 aromatic heterocycles. The van der Waals surface area contributed by atoms with E-state index in [9.17, 15) is 24.8 Å². The van der Waals surface area contributed by atoms with Gasteiger partial charge in [-0.2, -0.15) is 0 Å². The van der Waals surface area contributed by atoms with Crippen LogP contribution in [-0.2, 0) is 9.59 Å². The van der Waals surface area contributed by atoms with Crippen LogP contribution in [0.1, 0.15) is 43.0 Å². The van der Waals surface area contributed by atoms with Crippen LogP contribution in [-0.4, -0.2) is 65.3 Å². The number of likely N-dealkylation sites (tertiary alicyclic amines) is 1. The van der Waals surface area contributed by atoms with Gasteiger partial charge in [-0.25, -0.2) is 0 Å². The maximum absolute atomic E-state index is 13.2. The number of nitro groups is 1. The summed E-state index contributed by atoms with van der Waals surface area (Å²) in [7, 11) is 3.83. The number of ketones is 1. The lowest BCUT2D eigenvalue weighted by atomic mass is 9.93. The molecule has 1 unspecified atom stereocenters. The molecule has 1 fully saturated rings. The first-order chi connectivity index (χ1) is 17.0. The van der Waals surface area contributed by atoms with Crippen molar-refractivity contribution in [2.75, 3.05) is 33.8 Å². The van der Waals surface area contributed by atoms with Crippen LogP contribution in [0.4, 0.5) is 5.69 Å². The van der Waals surface area contributed by atoms with Gasteiger partial charge in [-0.1, -0.05) is 13.8 Å². The Kier molecular flexibility index (Phi) is 8.47. The number of non-ortho nitro benzene ring substituents is 1. The average Bonchev–Trinajstić information content (AvgIpc) is 3.07. The summed E-state index contributed by atoms with van der Waals surface area (Å²) in [5.41, 5.74) is 1.50. The summed E-state index contributed by atoms with van der Waals surface area (Å²) in [5, 5.41) is 22.5. The molecule has 1 N–H and O–H groups in total. The number of carbonyl (C=O) groups excluding carboxylic acids is 2. The number of aliphatic hydroxyl groups is 1. The van der Waals surface area contributed by atoms with Crippen molar-refractivity contribution < 1.29 is 24.4 Å². The quantitative estimate of drug-likeness (QED) is 0.172. The first-order valence-corrected chi connectivity index (χ1v) is 11.9. The van der Waals surface area contributed by atoms with Crippen LogP contribution < -0.4 is 4.74 Å². The second-order valence-electron chi connectivity index (χ2n) is 9.68. The zero-order valence-electron chi connectivity index (χ0n) is 21.4. The Labute approximate surface area is 211 Å². The summed E-state index contributed by atoms with van der Waals surface area (Å²) in [5.74, 6) is -0.759. The van der Waals surface area contributed by atoms with E-state index in [1.807, 2.05) is 32.8 Å². The van der Waals surface area contributed by atoms with Crippen molar-refractivity contribution in [3.05, 3.63) is 74.8 Å². The molecule has 1 saturated heterocycles. The molecule has 1 aliphatic heterocycles. The molecule has 36 heavy (non-hydrogen) atoms. The van der Waals surface area contributed by atoms with E-state index in [-0.39, 0.29) is 17.0 Å². The molecule has 9 nitrogen and oxygen atoms in total. The van der Waals surface area contributed by atoms with Crippen LogP contribution in [0.25, 0.3) is 5.76 Å². The van der Waals surface area contributed by atoms with Crippen LogP contribution in [0.2, 0.25) is 0 Å². The van der Waals surface area contributed by atoms with E-state index in [1.54, 1.807) is 25.1 Å². The van der Waals surface area contributed by atoms with Crippen LogP contribution in [0.15, 0.2) is 48.0 Å². The van der Waals surface area contributed by atoms with Crippen LogP contribution in [0.5, 0.6) is 5.75 Å². The SMILES string of the molecule is Cc1cc(OCC(C)C)ccc1C(O)=C1C(=O)C(=O)N(CCCN(C)C)C1c1ccc([N+](=O)[O-])cc1. The predicted molar refractivity (Wildman–Crippen MR) is 137 cm³/mol. The highest BCUT2D eigenvalue weighted by atomic mass is 16.6. The molecule has 1 amide bonds. The van der Waals surface area contributed by atoms with Gasteiger partial charge in [0.15, 0.2) is 0 Å². The highest BCUT2D eigenvalue weighted by Crippen LogP contribution is 2.40. The van der Waals surface area contributed by atoms with E-state index in [0.717, 1.165) is 0 Å². The summed E-state index contributed by atoms with van der Waals surface area (Å²) < 4.78 is 5.76. The van der Waals surface area contributed by atoms with Gasteiger partial charge in [-0.05, 0) is 81.4 Å². The molecule has 2 aromatic rings. The number of Topliss-reactive ketones (excluding diaryl/α,β-unsaturated/α-hetero) is 1. The summed E-state index contributed by atoms with van der Waals surface area (Å²) in [6.07, 6.45) is 0.616. The molecular formula is C27H33N3O6. The maximum Gasteiger partial charge on any atom is 0.295 e. The number of rotatable bonds is 10. The molecule has 0 radical (unpaired) electrons. The molecule has 0 aliphatic carbocycles. The minimum absolute atomic E-state index is 0.0299. The third-order valence-electron chi connectivity index (χ3n) is 6.00. The summed E-state index contributed by atoms with van der Waals surface area (Å²) in [6.45, 7) is 7.43. The third-order valence-corrected chi connectivity index (χ3v) is 6.00. The van der Waals surface area contributed by atoms with Gasteiger partial charge in [0.1, 0.15) is 11.5 Å². The Morgan fingerprint density at radius 1 is 1.17 bits per heavy atom. The van der Waals surface area contributed by atoms with E-state index < -0.39 is 22.7 Å². The van der Waals surface area contributed by atoms with Crippen molar-refractivity contribution in [2.45, 2.75) is 33.2 Å². The van der Waals surface area contributed by atoms with E-state index in [1.165, 1.54) is 29.2 Å². The van der Waals surface area contributed by atoms with Crippen molar-refractivity contribution in [3.63, 3.8) is 0 Å². The third kappa shape index (κ3) is 5.91. The minimum Gasteiger partial charge on any atom is -0.507 e. The molecule has 3 rings (SSSR count). The number of aryl methyl sites for hydroxylation is 1. The lowest BCUT2D eigenvalue weighted by molar-refractivity contribution is -0.384. The number of carbonyl (C=O) groups is 2. The Morgan fingerprint density at radius 2 is 1.83 bits per heavy atom. The summed E-state index contributed by atoms with van der Waals surface area (Å²) in [4.78, 5) is 40.3. The maximum atomic E-state index is 13.2. The number of nitro benzene ring substituents is 1. The number of nitrogens with zero attached hydrogens (tertiary/aromatic N) is 3. The van der Waals surface area contributed by atoms with Crippen molar-refractivity contribution in [1.82, 2.24) is 9.80 Å². The topological polar surface area (TPSA) is 113 Å². The molecule has 1 heterocycles. The first kappa shape index (κ1) is 26.9. The fourth-order valence-electron chi connectivity index (χ4n) is 4.19. The number of aliphatic hydroxyl groups excluding tert-OH is 1. The largest absolute Gasteiger partial charge is 0.507 e. The lowest BCUT2D eigenvalue weighted by Crippen LogP contribution is -2.32. The Morgan fingerprint density at radius 3 is 2.39 bits per heavy atom. The fraction of sp³-hybridized carbons (Fsp3) is 0.407. The molecule has 1 atom stereocenters. The van der Waals surface area contributed by atoms with E-state index in [4.69, 9.17) is 4.74 Å². The predicted octanol–water partition coefficient (Wildman–Crippen LogP) is 4.31. The number of ether oxygens (including phenoxy) is 1. The molecule has 1 aliphatic rings. The Balaban J connectivity index is 2.07. The molecule has 0 saturated carbocycles. The van der Waals surface area contributed by atoms with Crippen LogP contribution in [0, 0.1) is 23.0 Å². The highest BCUT2D eigenvalue weighted by molar-refractivity contribution is 6.46. The Bertz CT molecular complexity index is 1170. The fourth-order valence-corrected chi connectivity index (χ4v) is 4.19. The zero-order chi connectivity index (χ0) is 26.6. The van der Waals surface area contributed by atoms with Gasteiger partial charge in [0.25, 0.3) is 17.4 Å². The van der Waals surface area contributed by atoms with Crippen molar-refractivity contribution >= 4 is 23.1 Å². The van der Waals surface area contributed by atoms with E-state index in [0.29, 0.717) is 54.5 Å². The van der Waals surface area contributed by atoms with Gasteiger partial charge >= 0.3 is 0 Å². The number of hydrogen-bond donors (Lipinski definition) is 1. The zero-order valence-corrected chi connectivity index (χ0v) is 21.4. The van der Waals surface area contributed by atoms with Gasteiger partial charge in [0, 0.05) is 24.2 Å². The monoisotopic (exact) mass is 495 g/mol. The second-order valence-corrected chi connectivity index (χ2v) is 9.68. The van der Waals surface area contributed by atoms with Gasteiger partial charge < -0.3 is 19.6 Å². The molecule has 2 aromatic carbocycles. The van der Waals surface area contributed by atoms with Crippen molar-refractivity contribution in [3.8, 4) is 5.75 Å². The van der Waals surface area contributed by atoms with E-state index >= 15 is 0 Å². The molecule has 192 valence electrons. The summed E-state index contributed by atoms with van der Waals surface area (Å²) in [6, 6.07) is 10.0. The van der Waals surface area contributed by atoms with Gasteiger partial charge in [0.05, 0.1) is 23.1 Å². The van der Waals surface area contributed by atoms with Crippen molar-refractivity contribution in [1.29, 1.82) is 0 Å². The smallest absolute Gasteiger partial charge is 0.295 e. The second kappa shape index (κ2) is 11.3. The minimum atomic E-state index is -0.857. The molecule has 9 heteroatoms. The number of amides is 1. The molecular weight excluding hydrogens is 462 g/mol. The van der Waals surface area contributed by atoms with Crippen LogP contribution >= 0.6 is 0 Å². The normalized spacial score (nSPS) is 17.3. The highest BCUT2D eigenvalue weighted by Gasteiger charge is 2.46. The number of benzene rings is 2. The van der Waals surface area contributed by atoms with Crippen molar-refractivity contribution in [2.24, 2.45) is 5.92 Å². The average molecular weight is 496 g/mol. The van der Waals surface area contributed by atoms with Gasteiger partial charge in [0.2, 0.25) is 0 Å². The first-order valence-electron chi connectivity index (χ1n) is 11.9. The standard InChI is InChI=1S/C27H33N3O6/c1-17(2)16-36-21-11-12-22(18(3)15-21)25(31)23-24(19-7-9-20(10-8-19)30(34)35)29(27(33)26(23)32)14-6-13-28(4)5/h7-12,15,17,24,31H,6,13-14,16H2,1-5H3. The molecule has 0 bridgehead atoms. The summed E-state index contributed by atoms with van der Waals surface area (Å²) >= 11 is 0. The van der Waals surface area contributed by atoms with Gasteiger partial charge in [-0.15, -0.1) is 0 Å². The van der Waals surface area contributed by atoms with Crippen LogP contribution in [0.3, 0.4) is 0 Å². The van der Waals surface area contributed by atoms with Gasteiger partial charge in [-0.3, -0.25) is 19.7 Å². The van der Waals surface area contributed by atoms with E-state index in [2.05, 4.69) is 0 Å². The molecule has 0 spiro atoms. The Hall–Kier alpha value is -3.72. The number of hydrogen-bond acceptors (Lipinski definition) is 7. The lowest BCUT2D eigenvalue weighted by Gasteiger charge is -2.26.